The van der Waals surface area contributed by atoms with Gasteiger partial charge in [0, 0.05) is 48.9 Å². The monoisotopic (exact) mass is 607 g/mol. The molecule has 43 heavy (non-hydrogen) atoms. The fourth-order valence-corrected chi connectivity index (χ4v) is 2.82. The summed E-state index contributed by atoms with van der Waals surface area (Å²) in [5, 5.41) is 10.6. The van der Waals surface area contributed by atoms with Gasteiger partial charge in [0.15, 0.2) is 0 Å². The van der Waals surface area contributed by atoms with Gasteiger partial charge in [0.05, 0.1) is 12.6 Å². The van der Waals surface area contributed by atoms with Crippen LogP contribution >= 0.6 is 0 Å². The third-order valence-electron chi connectivity index (χ3n) is 6.56. The van der Waals surface area contributed by atoms with Crippen molar-refractivity contribution in [2.75, 3.05) is 27.7 Å². The van der Waals surface area contributed by atoms with Crippen molar-refractivity contribution in [3.8, 4) is 0 Å². The summed E-state index contributed by atoms with van der Waals surface area (Å²) in [7, 11) is 5.28. The second-order valence-corrected chi connectivity index (χ2v) is 12.7. The zero-order valence-electron chi connectivity index (χ0n) is 28.7. The van der Waals surface area contributed by atoms with Crippen LogP contribution in [0, 0.1) is 0 Å². The molecular weight excluding hydrogens is 557 g/mol. The quantitative estimate of drug-likeness (QED) is 0.494. The summed E-state index contributed by atoms with van der Waals surface area (Å²) >= 11 is 0. The number of hydrogen-bond donors (Lipinski definition) is 0. The predicted molar refractivity (Wildman–Crippen MR) is 165 cm³/mol. The molecule has 0 aliphatic rings. The van der Waals surface area contributed by atoms with Gasteiger partial charge < -0.3 is 29.3 Å². The van der Waals surface area contributed by atoms with Crippen molar-refractivity contribution in [2.24, 2.45) is 0 Å². The molecule has 0 atom stereocenters. The van der Waals surface area contributed by atoms with E-state index in [9.17, 15) is 24.3 Å². The Morgan fingerprint density at radius 2 is 0.930 bits per heavy atom. The van der Waals surface area contributed by atoms with Gasteiger partial charge in [-0.1, -0.05) is 30.3 Å². The van der Waals surface area contributed by atoms with Gasteiger partial charge in [-0.2, -0.15) is 0 Å². The number of carbonyl (C=O) groups excluding carboxylic acids is 4. The van der Waals surface area contributed by atoms with Crippen molar-refractivity contribution in [3.05, 3.63) is 71.3 Å². The zero-order chi connectivity index (χ0) is 33.1. The smallest absolute Gasteiger partial charge is 0.545 e. The topological polar surface area (TPSA) is 110 Å². The van der Waals surface area contributed by atoms with Crippen molar-refractivity contribution in [2.45, 2.75) is 85.9 Å². The maximum absolute atomic E-state index is 12.0. The van der Waals surface area contributed by atoms with Gasteiger partial charge in [-0.3, -0.25) is 9.59 Å². The molecule has 0 fully saturated rings. The number of hydrogen-bond acceptors (Lipinski definition) is 6. The van der Waals surface area contributed by atoms with Crippen LogP contribution in [0.2, 0.25) is 0 Å². The third kappa shape index (κ3) is 14.9. The van der Waals surface area contributed by atoms with Crippen LogP contribution in [-0.2, 0) is 4.74 Å². The van der Waals surface area contributed by atoms with Gasteiger partial charge in [0.2, 0.25) is 0 Å². The molecule has 234 valence electrons. The first-order chi connectivity index (χ1) is 19.0. The first kappa shape index (κ1) is 42.3. The Labute approximate surface area is 280 Å². The average molecular weight is 608 g/mol. The summed E-state index contributed by atoms with van der Waals surface area (Å²) in [4.78, 5) is 50.6. The molecule has 0 heterocycles. The van der Waals surface area contributed by atoms with Crippen LogP contribution < -0.4 is 34.7 Å². The predicted octanol–water partition coefficient (Wildman–Crippen LogP) is 2.35. The Balaban J connectivity index is 0. The molecule has 0 bridgehead atoms. The molecule has 0 aliphatic heterocycles. The van der Waals surface area contributed by atoms with E-state index in [0.717, 1.165) is 5.56 Å². The maximum atomic E-state index is 12.0. The summed E-state index contributed by atoms with van der Waals surface area (Å²) in [6.07, 6.45) is -0.264. The van der Waals surface area contributed by atoms with Gasteiger partial charge >= 0.3 is 35.7 Å². The first-order valence-electron chi connectivity index (χ1n) is 13.9. The molecule has 0 radical (unpaired) electrons. The molecule has 0 saturated carbocycles. The van der Waals surface area contributed by atoms with E-state index in [4.69, 9.17) is 4.74 Å². The molecule has 2 aromatic rings. The van der Waals surface area contributed by atoms with E-state index in [1.54, 1.807) is 35.7 Å². The molecule has 0 aromatic heterocycles. The van der Waals surface area contributed by atoms with E-state index in [2.05, 4.69) is 0 Å². The number of benzene rings is 2. The Kier molecular flexibility index (Phi) is 17.7. The molecule has 2 aromatic carbocycles. The van der Waals surface area contributed by atoms with Crippen LogP contribution in [0.3, 0.4) is 0 Å². The van der Waals surface area contributed by atoms with Crippen molar-refractivity contribution >= 4 is 23.9 Å². The van der Waals surface area contributed by atoms with Crippen LogP contribution in [-0.4, -0.2) is 82.9 Å². The molecular formula is C33H50N3NaO6. The fraction of sp³-hybridized carbons (Fsp3) is 0.515. The number of ether oxygens (including phenoxy) is 1. The van der Waals surface area contributed by atoms with Crippen LogP contribution in [0.25, 0.3) is 0 Å². The number of rotatable bonds is 4. The normalized spacial score (nSPS) is 10.8. The van der Waals surface area contributed by atoms with E-state index in [-0.39, 0.29) is 69.6 Å². The van der Waals surface area contributed by atoms with Gasteiger partial charge in [0.1, 0.15) is 0 Å². The minimum absolute atomic E-state index is 0. The van der Waals surface area contributed by atoms with Crippen molar-refractivity contribution in [1.82, 2.24) is 14.7 Å². The number of carboxylic acids is 1. The van der Waals surface area contributed by atoms with Crippen molar-refractivity contribution in [1.29, 1.82) is 0 Å². The Morgan fingerprint density at radius 1 is 0.605 bits per heavy atom. The number of aromatic carboxylic acids is 1. The number of nitrogens with zero attached hydrogens (tertiary/aromatic N) is 3. The van der Waals surface area contributed by atoms with E-state index in [0.29, 0.717) is 12.2 Å². The first-order valence-corrected chi connectivity index (χ1v) is 13.9. The number of carbonyl (C=O) groups is 4. The van der Waals surface area contributed by atoms with Crippen LogP contribution in [0.5, 0.6) is 0 Å². The van der Waals surface area contributed by atoms with Gasteiger partial charge in [-0.05, 0) is 99.1 Å². The maximum Gasteiger partial charge on any atom is 1.00 e. The summed E-state index contributed by atoms with van der Waals surface area (Å²) in [6.45, 7) is 20.0. The largest absolute Gasteiger partial charge is 1.00 e. The SMILES string of the molecule is CCOC(=O)N(C)C(C)(C)C.CN(C(=O)c1ccc(C(=O)[O-])cc1)C(C)(C)C.CN(C(=O)c1ccccc1)C(C)(C)C.[Na+]. The zero-order valence-corrected chi connectivity index (χ0v) is 30.7. The van der Waals surface area contributed by atoms with Crippen LogP contribution in [0.4, 0.5) is 4.79 Å². The number of amides is 3. The van der Waals surface area contributed by atoms with Gasteiger partial charge in [-0.15, -0.1) is 0 Å². The Bertz CT molecular complexity index is 1160. The number of carboxylic acid groups (broad SMARTS) is 1. The molecule has 10 heteroatoms. The van der Waals surface area contributed by atoms with E-state index in [1.807, 2.05) is 99.7 Å². The molecule has 0 spiro atoms. The average Bonchev–Trinajstić information content (AvgIpc) is 2.90. The third-order valence-corrected chi connectivity index (χ3v) is 6.56. The summed E-state index contributed by atoms with van der Waals surface area (Å²) in [5.74, 6) is -1.31. The second kappa shape index (κ2) is 18.0. The summed E-state index contributed by atoms with van der Waals surface area (Å²) < 4.78 is 4.82. The van der Waals surface area contributed by atoms with Gasteiger partial charge in [-0.25, -0.2) is 4.79 Å². The van der Waals surface area contributed by atoms with Crippen molar-refractivity contribution < 1.29 is 58.6 Å². The molecule has 0 saturated heterocycles. The van der Waals surface area contributed by atoms with Crippen LogP contribution in [0.15, 0.2) is 54.6 Å². The Morgan fingerprint density at radius 3 is 1.23 bits per heavy atom. The molecule has 0 N–H and O–H groups in total. The molecule has 9 nitrogen and oxygen atoms in total. The van der Waals surface area contributed by atoms with Crippen molar-refractivity contribution in [3.63, 3.8) is 0 Å². The minimum atomic E-state index is -1.24. The van der Waals surface area contributed by atoms with E-state index >= 15 is 0 Å². The fourth-order valence-electron chi connectivity index (χ4n) is 2.82. The minimum Gasteiger partial charge on any atom is -0.545 e. The van der Waals surface area contributed by atoms with Gasteiger partial charge in [0.25, 0.3) is 11.8 Å². The van der Waals surface area contributed by atoms with E-state index in [1.165, 1.54) is 24.3 Å². The molecule has 2 rings (SSSR count). The van der Waals surface area contributed by atoms with Crippen LogP contribution in [0.1, 0.15) is 100 Å². The molecule has 0 unspecified atom stereocenters. The standard InChI is InChI=1S/C13H17NO3.C12H17NO.C8H17NO2.Na/c1-13(2,3)14(4)11(15)9-5-7-10(8-6-9)12(16)17;1-12(2,3)13(4)11(14)10-8-6-5-7-9-10;1-6-11-7(10)9(5)8(2,3)4;/h5-8H,1-4H3,(H,16,17);5-9H,1-4H3;6H2,1-5H3;/q;;;+1/p-1. The Hall–Kier alpha value is -2.88. The second-order valence-electron chi connectivity index (χ2n) is 12.7. The summed E-state index contributed by atoms with van der Waals surface area (Å²) in [6, 6.07) is 15.1. The molecule has 0 aliphatic carbocycles. The van der Waals surface area contributed by atoms with E-state index < -0.39 is 5.97 Å². The summed E-state index contributed by atoms with van der Waals surface area (Å²) in [5.41, 5.74) is 0.709. The molecule has 3 amide bonds.